The topological polar surface area (TPSA) is 61.4 Å². The molecule has 1 heterocycles. The largest absolute Gasteiger partial charge is 0.395 e. The Morgan fingerprint density at radius 2 is 2.39 bits per heavy atom. The fourth-order valence-corrected chi connectivity index (χ4v) is 3.00. The third-order valence-electron chi connectivity index (χ3n) is 2.71. The summed E-state index contributed by atoms with van der Waals surface area (Å²) < 4.78 is 13.2. The van der Waals surface area contributed by atoms with Crippen LogP contribution in [-0.4, -0.2) is 30.0 Å². The molecule has 0 fully saturated rings. The lowest BCUT2D eigenvalue weighted by molar-refractivity contribution is 0.230. The first kappa shape index (κ1) is 13.2. The van der Waals surface area contributed by atoms with Gasteiger partial charge in [0.05, 0.1) is 12.6 Å². The number of thioether (sulfide) groups is 1. The van der Waals surface area contributed by atoms with Gasteiger partial charge >= 0.3 is 6.03 Å². The number of aliphatic hydroxyl groups is 1. The van der Waals surface area contributed by atoms with E-state index >= 15 is 0 Å². The van der Waals surface area contributed by atoms with Crippen LogP contribution in [0.1, 0.15) is 18.0 Å². The van der Waals surface area contributed by atoms with E-state index in [9.17, 15) is 9.18 Å². The summed E-state index contributed by atoms with van der Waals surface area (Å²) in [5.41, 5.74) is 0.824. The number of rotatable bonds is 3. The average Bonchev–Trinajstić information content (AvgIpc) is 2.37. The molecule has 6 heteroatoms. The van der Waals surface area contributed by atoms with E-state index in [0.29, 0.717) is 0 Å². The van der Waals surface area contributed by atoms with Gasteiger partial charge in [-0.05, 0) is 30.2 Å². The number of aliphatic hydroxyl groups excluding tert-OH is 1. The van der Waals surface area contributed by atoms with Crippen molar-refractivity contribution in [2.75, 3.05) is 18.9 Å². The minimum Gasteiger partial charge on any atom is -0.395 e. The number of fused-ring (bicyclic) bond motifs is 1. The minimum absolute atomic E-state index is 0.0981. The van der Waals surface area contributed by atoms with Crippen molar-refractivity contribution in [2.45, 2.75) is 17.4 Å². The second-order valence-corrected chi connectivity index (χ2v) is 5.13. The molecule has 0 bridgehead atoms. The molecule has 0 aliphatic carbocycles. The molecule has 0 radical (unpaired) electrons. The first-order chi connectivity index (χ1) is 8.70. The van der Waals surface area contributed by atoms with Crippen molar-refractivity contribution in [1.82, 2.24) is 10.6 Å². The number of carbonyl (C=O) groups excluding carboxylic acids is 1. The molecular weight excluding hydrogens is 255 g/mol. The van der Waals surface area contributed by atoms with Gasteiger partial charge < -0.3 is 15.7 Å². The van der Waals surface area contributed by atoms with E-state index in [1.54, 1.807) is 17.8 Å². The third kappa shape index (κ3) is 3.14. The highest BCUT2D eigenvalue weighted by atomic mass is 32.2. The maximum atomic E-state index is 13.2. The Morgan fingerprint density at radius 3 is 3.17 bits per heavy atom. The zero-order valence-corrected chi connectivity index (χ0v) is 10.6. The number of nitrogens with one attached hydrogen (secondary N) is 2. The molecule has 0 saturated heterocycles. The lowest BCUT2D eigenvalue weighted by Crippen LogP contribution is -2.40. The standard InChI is InChI=1S/C12H15FN2O2S/c13-8-1-2-11-9(7-8)10(3-6-18-11)15-12(17)14-4-5-16/h1-2,7,10,16H,3-6H2,(H2,14,15,17). The van der Waals surface area contributed by atoms with E-state index in [1.165, 1.54) is 12.1 Å². The van der Waals surface area contributed by atoms with Gasteiger partial charge in [-0.2, -0.15) is 0 Å². The second-order valence-electron chi connectivity index (χ2n) is 4.00. The summed E-state index contributed by atoms with van der Waals surface area (Å²) in [5.74, 6) is 0.600. The molecule has 1 unspecified atom stereocenters. The summed E-state index contributed by atoms with van der Waals surface area (Å²) in [4.78, 5) is 12.5. The van der Waals surface area contributed by atoms with Crippen molar-refractivity contribution in [3.63, 3.8) is 0 Å². The van der Waals surface area contributed by atoms with Gasteiger partial charge in [0.1, 0.15) is 5.82 Å². The van der Waals surface area contributed by atoms with Crippen molar-refractivity contribution in [3.8, 4) is 0 Å². The van der Waals surface area contributed by atoms with Crippen molar-refractivity contribution >= 4 is 17.8 Å². The van der Waals surface area contributed by atoms with E-state index in [-0.39, 0.29) is 31.0 Å². The van der Waals surface area contributed by atoms with Crippen LogP contribution in [0.25, 0.3) is 0 Å². The summed E-state index contributed by atoms with van der Waals surface area (Å²) >= 11 is 1.67. The van der Waals surface area contributed by atoms with Crippen LogP contribution in [0, 0.1) is 5.82 Å². The van der Waals surface area contributed by atoms with Gasteiger partial charge in [-0.15, -0.1) is 11.8 Å². The first-order valence-electron chi connectivity index (χ1n) is 5.78. The fourth-order valence-electron chi connectivity index (χ4n) is 1.89. The Balaban J connectivity index is 2.07. The summed E-state index contributed by atoms with van der Waals surface area (Å²) in [6.07, 6.45) is 0.771. The van der Waals surface area contributed by atoms with Crippen LogP contribution >= 0.6 is 11.8 Å². The Morgan fingerprint density at radius 1 is 1.56 bits per heavy atom. The summed E-state index contributed by atoms with van der Waals surface area (Å²) in [5, 5.41) is 13.9. The SMILES string of the molecule is O=C(NCCO)NC1CCSc2ccc(F)cc21. The van der Waals surface area contributed by atoms with Crippen LogP contribution in [0.4, 0.5) is 9.18 Å². The van der Waals surface area contributed by atoms with Crippen molar-refractivity contribution in [1.29, 1.82) is 0 Å². The van der Waals surface area contributed by atoms with Crippen LogP contribution in [-0.2, 0) is 0 Å². The molecule has 1 aliphatic rings. The Hall–Kier alpha value is -1.27. The lowest BCUT2D eigenvalue weighted by Gasteiger charge is -2.26. The Labute approximate surface area is 109 Å². The summed E-state index contributed by atoms with van der Waals surface area (Å²) in [6, 6.07) is 4.14. The van der Waals surface area contributed by atoms with Crippen LogP contribution in [0.2, 0.25) is 0 Å². The number of urea groups is 1. The fraction of sp³-hybridized carbons (Fsp3) is 0.417. The van der Waals surface area contributed by atoms with Gasteiger partial charge in [0, 0.05) is 17.2 Å². The minimum atomic E-state index is -0.337. The van der Waals surface area contributed by atoms with Gasteiger partial charge in [0.25, 0.3) is 0 Å². The quantitative estimate of drug-likeness (QED) is 0.782. The third-order valence-corrected chi connectivity index (χ3v) is 3.84. The zero-order chi connectivity index (χ0) is 13.0. The van der Waals surface area contributed by atoms with Gasteiger partial charge in [0.15, 0.2) is 0 Å². The monoisotopic (exact) mass is 270 g/mol. The molecule has 1 aliphatic heterocycles. The number of carbonyl (C=O) groups is 1. The highest BCUT2D eigenvalue weighted by Crippen LogP contribution is 2.36. The number of hydrogen-bond donors (Lipinski definition) is 3. The molecular formula is C12H15FN2O2S. The van der Waals surface area contributed by atoms with E-state index in [2.05, 4.69) is 10.6 Å². The van der Waals surface area contributed by atoms with E-state index in [4.69, 9.17) is 5.11 Å². The normalized spacial score (nSPS) is 18.0. The van der Waals surface area contributed by atoms with E-state index in [1.807, 2.05) is 0 Å². The molecule has 1 aromatic carbocycles. The molecule has 1 aromatic rings. The predicted molar refractivity (Wildman–Crippen MR) is 68.1 cm³/mol. The van der Waals surface area contributed by atoms with Gasteiger partial charge in [0.2, 0.25) is 0 Å². The second kappa shape index (κ2) is 6.06. The molecule has 0 aromatic heterocycles. The molecule has 0 spiro atoms. The van der Waals surface area contributed by atoms with Crippen LogP contribution < -0.4 is 10.6 Å². The average molecular weight is 270 g/mol. The smallest absolute Gasteiger partial charge is 0.315 e. The van der Waals surface area contributed by atoms with E-state index in [0.717, 1.165) is 22.6 Å². The molecule has 0 saturated carbocycles. The van der Waals surface area contributed by atoms with Crippen LogP contribution in [0.15, 0.2) is 23.1 Å². The van der Waals surface area contributed by atoms with Crippen molar-refractivity contribution in [3.05, 3.63) is 29.6 Å². The zero-order valence-electron chi connectivity index (χ0n) is 9.78. The van der Waals surface area contributed by atoms with Crippen LogP contribution in [0.5, 0.6) is 0 Å². The number of amides is 2. The lowest BCUT2D eigenvalue weighted by atomic mass is 10.0. The number of halogens is 1. The van der Waals surface area contributed by atoms with Crippen LogP contribution in [0.3, 0.4) is 0 Å². The number of benzene rings is 1. The Kier molecular flexibility index (Phi) is 4.43. The molecule has 2 amide bonds. The van der Waals surface area contributed by atoms with Gasteiger partial charge in [-0.3, -0.25) is 0 Å². The number of hydrogen-bond acceptors (Lipinski definition) is 3. The van der Waals surface area contributed by atoms with Gasteiger partial charge in [-0.1, -0.05) is 0 Å². The van der Waals surface area contributed by atoms with Crippen molar-refractivity contribution < 1.29 is 14.3 Å². The first-order valence-corrected chi connectivity index (χ1v) is 6.76. The highest BCUT2D eigenvalue weighted by Gasteiger charge is 2.22. The molecule has 3 N–H and O–H groups in total. The predicted octanol–water partition coefficient (Wildman–Crippen LogP) is 1.65. The molecule has 1 atom stereocenters. The molecule has 98 valence electrons. The van der Waals surface area contributed by atoms with Crippen molar-refractivity contribution in [2.24, 2.45) is 0 Å². The molecule has 18 heavy (non-hydrogen) atoms. The van der Waals surface area contributed by atoms with E-state index < -0.39 is 0 Å². The Bertz CT molecular complexity index is 442. The summed E-state index contributed by atoms with van der Waals surface area (Å²) in [7, 11) is 0. The maximum absolute atomic E-state index is 13.2. The molecule has 4 nitrogen and oxygen atoms in total. The maximum Gasteiger partial charge on any atom is 0.315 e. The highest BCUT2D eigenvalue weighted by molar-refractivity contribution is 7.99. The summed E-state index contributed by atoms with van der Waals surface area (Å²) in [6.45, 7) is 0.114. The molecule has 2 rings (SSSR count). The van der Waals surface area contributed by atoms with Gasteiger partial charge in [-0.25, -0.2) is 9.18 Å².